The molecular weight excluding hydrogens is 388 g/mol. The van der Waals surface area contributed by atoms with Crippen molar-refractivity contribution in [2.45, 2.75) is 10.5 Å². The van der Waals surface area contributed by atoms with Gasteiger partial charge in [0.1, 0.15) is 5.75 Å². The van der Waals surface area contributed by atoms with Crippen LogP contribution in [-0.2, 0) is 15.3 Å². The zero-order valence-corrected chi connectivity index (χ0v) is 17.3. The summed E-state index contributed by atoms with van der Waals surface area (Å²) in [6.45, 7) is 0. The Morgan fingerprint density at radius 2 is 1.07 bits per heavy atom. The van der Waals surface area contributed by atoms with E-state index in [4.69, 9.17) is 4.74 Å². The Hall–Kier alpha value is -3.30. The van der Waals surface area contributed by atoms with Crippen LogP contribution in [0.4, 0.5) is 0 Å². The number of rotatable bonds is 7. The number of esters is 1. The first-order chi connectivity index (χ1) is 14.8. The molecule has 4 rings (SSSR count). The van der Waals surface area contributed by atoms with Gasteiger partial charge in [0.25, 0.3) is 0 Å². The fraction of sp³-hybridized carbons (Fsp3) is 0.0741. The van der Waals surface area contributed by atoms with E-state index in [0.29, 0.717) is 11.5 Å². The zero-order valence-electron chi connectivity index (χ0n) is 16.5. The number of carbonyl (C=O) groups is 1. The third kappa shape index (κ3) is 4.32. The summed E-state index contributed by atoms with van der Waals surface area (Å²) in [7, 11) is 0. The molecule has 0 aromatic heterocycles. The Labute approximate surface area is 181 Å². The van der Waals surface area contributed by atoms with Crippen LogP contribution in [0.2, 0.25) is 0 Å². The van der Waals surface area contributed by atoms with Crippen molar-refractivity contribution in [2.75, 3.05) is 0 Å². The number of thioether (sulfide) groups is 1. The highest BCUT2D eigenvalue weighted by Crippen LogP contribution is 2.45. The predicted octanol–water partition coefficient (Wildman–Crippen LogP) is 6.47. The molecular formula is C27H22O2S. The predicted molar refractivity (Wildman–Crippen MR) is 123 cm³/mol. The molecule has 0 saturated carbocycles. The number of carbonyl (C=O) groups excluding carboxylic acids is 1. The monoisotopic (exact) mass is 410 g/mol. The normalized spacial score (nSPS) is 11.1. The molecule has 0 atom stereocenters. The molecule has 148 valence electrons. The molecule has 0 heterocycles. The number of ether oxygens (including phenoxy) is 1. The molecule has 30 heavy (non-hydrogen) atoms. The van der Waals surface area contributed by atoms with E-state index in [1.807, 2.05) is 97.1 Å². The highest BCUT2D eigenvalue weighted by molar-refractivity contribution is 8.00. The highest BCUT2D eigenvalue weighted by atomic mass is 32.2. The average Bonchev–Trinajstić information content (AvgIpc) is 2.82. The van der Waals surface area contributed by atoms with Crippen molar-refractivity contribution in [3.05, 3.63) is 138 Å². The molecule has 0 N–H and O–H groups in total. The van der Waals surface area contributed by atoms with E-state index in [0.717, 1.165) is 16.7 Å². The first-order valence-corrected chi connectivity index (χ1v) is 10.8. The minimum absolute atomic E-state index is 0.299. The van der Waals surface area contributed by atoms with Gasteiger partial charge in [-0.3, -0.25) is 0 Å². The van der Waals surface area contributed by atoms with Crippen LogP contribution in [-0.4, -0.2) is 5.97 Å². The van der Waals surface area contributed by atoms with Crippen LogP contribution in [0.1, 0.15) is 16.7 Å². The van der Waals surface area contributed by atoms with Crippen molar-refractivity contribution in [3.63, 3.8) is 0 Å². The Balaban J connectivity index is 1.81. The second-order valence-corrected chi connectivity index (χ2v) is 8.08. The molecule has 0 amide bonds. The number of benzene rings is 4. The molecule has 0 spiro atoms. The summed E-state index contributed by atoms with van der Waals surface area (Å²) in [5, 5.41) is 0. The van der Waals surface area contributed by atoms with Gasteiger partial charge in [0, 0.05) is 5.75 Å². The minimum Gasteiger partial charge on any atom is -0.425 e. The maximum absolute atomic E-state index is 13.8. The van der Waals surface area contributed by atoms with E-state index in [9.17, 15) is 4.79 Å². The van der Waals surface area contributed by atoms with Gasteiger partial charge in [-0.15, -0.1) is 11.8 Å². The molecule has 0 saturated heterocycles. The summed E-state index contributed by atoms with van der Waals surface area (Å²) in [6.07, 6.45) is 0. The number of hydrogen-bond acceptors (Lipinski definition) is 3. The summed E-state index contributed by atoms with van der Waals surface area (Å²) in [5.74, 6) is 0.917. The van der Waals surface area contributed by atoms with Crippen molar-refractivity contribution < 1.29 is 9.53 Å². The molecule has 3 heteroatoms. The second-order valence-electron chi connectivity index (χ2n) is 6.89. The molecule has 0 bridgehead atoms. The molecule has 0 aliphatic carbocycles. The molecule has 4 aromatic carbocycles. The van der Waals surface area contributed by atoms with E-state index in [1.165, 1.54) is 0 Å². The fourth-order valence-corrected chi connectivity index (χ4v) is 4.75. The zero-order chi connectivity index (χ0) is 20.7. The lowest BCUT2D eigenvalue weighted by Gasteiger charge is -2.32. The molecule has 4 aromatic rings. The van der Waals surface area contributed by atoms with Crippen molar-refractivity contribution >= 4 is 17.7 Å². The molecule has 0 unspecified atom stereocenters. The molecule has 0 radical (unpaired) electrons. The quantitative estimate of drug-likeness (QED) is 0.258. The lowest BCUT2D eigenvalue weighted by Crippen LogP contribution is -2.37. The van der Waals surface area contributed by atoms with Gasteiger partial charge in [-0.1, -0.05) is 109 Å². The minimum atomic E-state index is -0.992. The van der Waals surface area contributed by atoms with Gasteiger partial charge in [0.2, 0.25) is 0 Å². The van der Waals surface area contributed by atoms with Gasteiger partial charge in [0.05, 0.1) is 0 Å². The molecule has 0 aliphatic heterocycles. The van der Waals surface area contributed by atoms with Crippen LogP contribution in [0, 0.1) is 0 Å². The highest BCUT2D eigenvalue weighted by Gasteiger charge is 2.44. The van der Waals surface area contributed by atoms with Gasteiger partial charge >= 0.3 is 5.97 Å². The van der Waals surface area contributed by atoms with Crippen molar-refractivity contribution in [3.8, 4) is 5.75 Å². The third-order valence-electron chi connectivity index (χ3n) is 4.90. The van der Waals surface area contributed by atoms with Crippen LogP contribution < -0.4 is 4.74 Å². The number of para-hydroxylation sites is 1. The van der Waals surface area contributed by atoms with Crippen molar-refractivity contribution in [1.82, 2.24) is 0 Å². The van der Waals surface area contributed by atoms with Crippen LogP contribution in [0.3, 0.4) is 0 Å². The van der Waals surface area contributed by atoms with Crippen LogP contribution in [0.5, 0.6) is 5.75 Å². The second kappa shape index (κ2) is 9.47. The summed E-state index contributed by atoms with van der Waals surface area (Å²) in [4.78, 5) is 13.8. The van der Waals surface area contributed by atoms with Gasteiger partial charge in [-0.05, 0) is 28.8 Å². The van der Waals surface area contributed by atoms with E-state index in [1.54, 1.807) is 23.9 Å². The topological polar surface area (TPSA) is 26.3 Å². The lowest BCUT2D eigenvalue weighted by atomic mass is 9.90. The van der Waals surface area contributed by atoms with Crippen LogP contribution in [0.15, 0.2) is 121 Å². The first kappa shape index (κ1) is 20.0. The molecule has 0 aliphatic rings. The average molecular weight is 411 g/mol. The Kier molecular flexibility index (Phi) is 6.31. The fourth-order valence-electron chi connectivity index (χ4n) is 3.41. The summed E-state index contributed by atoms with van der Waals surface area (Å²) < 4.78 is 4.93. The maximum Gasteiger partial charge on any atom is 0.336 e. The van der Waals surface area contributed by atoms with Crippen LogP contribution >= 0.6 is 11.8 Å². The van der Waals surface area contributed by atoms with Gasteiger partial charge in [-0.25, -0.2) is 4.79 Å². The lowest BCUT2D eigenvalue weighted by molar-refractivity contribution is -0.136. The molecule has 2 nitrogen and oxygen atoms in total. The van der Waals surface area contributed by atoms with Crippen molar-refractivity contribution in [1.29, 1.82) is 0 Å². The Morgan fingerprint density at radius 1 is 0.633 bits per heavy atom. The number of hydrogen-bond donors (Lipinski definition) is 0. The summed E-state index contributed by atoms with van der Waals surface area (Å²) in [6, 6.07) is 39.2. The van der Waals surface area contributed by atoms with Gasteiger partial charge in [-0.2, -0.15) is 0 Å². The Morgan fingerprint density at radius 3 is 1.57 bits per heavy atom. The summed E-state index contributed by atoms with van der Waals surface area (Å²) in [5.41, 5.74) is 2.96. The largest absolute Gasteiger partial charge is 0.425 e. The third-order valence-corrected chi connectivity index (χ3v) is 6.45. The smallest absolute Gasteiger partial charge is 0.336 e. The Bertz CT molecular complexity index is 1030. The van der Waals surface area contributed by atoms with Crippen molar-refractivity contribution in [2.24, 2.45) is 0 Å². The summed E-state index contributed by atoms with van der Waals surface area (Å²) >= 11 is 1.58. The van der Waals surface area contributed by atoms with Gasteiger partial charge < -0.3 is 4.74 Å². The van der Waals surface area contributed by atoms with Gasteiger partial charge in [0.15, 0.2) is 4.75 Å². The maximum atomic E-state index is 13.8. The molecule has 0 fully saturated rings. The van der Waals surface area contributed by atoms with E-state index in [-0.39, 0.29) is 5.97 Å². The van der Waals surface area contributed by atoms with E-state index in [2.05, 4.69) is 12.1 Å². The van der Waals surface area contributed by atoms with E-state index >= 15 is 0 Å². The van der Waals surface area contributed by atoms with Crippen LogP contribution in [0.25, 0.3) is 0 Å². The van der Waals surface area contributed by atoms with E-state index < -0.39 is 4.75 Å². The SMILES string of the molecule is O=C(Oc1ccccc1)C(SCc1ccccc1)(c1ccccc1)c1ccccc1. The standard InChI is InChI=1S/C27H22O2S/c28-26(29-25-19-11-4-12-20-25)27(23-15-7-2-8-16-23,24-17-9-3-10-18-24)30-21-22-13-5-1-6-14-22/h1-20H,21H2. The first-order valence-electron chi connectivity index (χ1n) is 9.85.